The molecular formula is C13H12ClN5O. The van der Waals surface area contributed by atoms with Crippen LogP contribution in [0.25, 0.3) is 5.78 Å². The lowest BCUT2D eigenvalue weighted by atomic mass is 10.3. The average Bonchev–Trinajstić information content (AvgIpc) is 2.84. The molecule has 0 bridgehead atoms. The normalized spacial score (nSPS) is 10.8. The van der Waals surface area contributed by atoms with E-state index in [9.17, 15) is 0 Å². The summed E-state index contributed by atoms with van der Waals surface area (Å²) >= 11 is 5.88. The Kier molecular flexibility index (Phi) is 3.15. The summed E-state index contributed by atoms with van der Waals surface area (Å²) in [7, 11) is 1.52. The monoisotopic (exact) mass is 289 g/mol. The third-order valence-electron chi connectivity index (χ3n) is 2.72. The molecule has 3 rings (SSSR count). The van der Waals surface area contributed by atoms with Gasteiger partial charge in [-0.25, -0.2) is 4.98 Å². The van der Waals surface area contributed by atoms with Gasteiger partial charge in [0.2, 0.25) is 0 Å². The molecule has 0 fully saturated rings. The molecule has 1 N–H and O–H groups in total. The van der Waals surface area contributed by atoms with Crippen LogP contribution in [-0.4, -0.2) is 26.7 Å². The Morgan fingerprint density at radius 3 is 2.65 bits per heavy atom. The van der Waals surface area contributed by atoms with E-state index in [1.165, 1.54) is 7.11 Å². The van der Waals surface area contributed by atoms with Gasteiger partial charge < -0.3 is 10.1 Å². The number of fused-ring (bicyclic) bond motifs is 1. The van der Waals surface area contributed by atoms with Gasteiger partial charge >= 0.3 is 6.01 Å². The van der Waals surface area contributed by atoms with Crippen LogP contribution >= 0.6 is 11.6 Å². The maximum Gasteiger partial charge on any atom is 0.337 e. The molecule has 0 aliphatic carbocycles. The highest BCUT2D eigenvalue weighted by atomic mass is 35.5. The Labute approximate surface area is 120 Å². The lowest BCUT2D eigenvalue weighted by Gasteiger charge is -2.08. The Morgan fingerprint density at radius 1 is 1.20 bits per heavy atom. The van der Waals surface area contributed by atoms with Crippen molar-refractivity contribution in [1.82, 2.24) is 19.6 Å². The quantitative estimate of drug-likeness (QED) is 0.803. The van der Waals surface area contributed by atoms with E-state index >= 15 is 0 Å². The summed E-state index contributed by atoms with van der Waals surface area (Å²) in [6.45, 7) is 1.90. The smallest absolute Gasteiger partial charge is 0.337 e. The first-order valence-electron chi connectivity index (χ1n) is 5.97. The number of halogens is 1. The second kappa shape index (κ2) is 4.97. The van der Waals surface area contributed by atoms with Crippen molar-refractivity contribution < 1.29 is 4.74 Å². The molecule has 6 nitrogen and oxygen atoms in total. The van der Waals surface area contributed by atoms with Gasteiger partial charge in [0.05, 0.1) is 7.11 Å². The molecule has 2 heterocycles. The fourth-order valence-electron chi connectivity index (χ4n) is 1.83. The second-order valence-corrected chi connectivity index (χ2v) is 4.66. The zero-order valence-electron chi connectivity index (χ0n) is 11.0. The van der Waals surface area contributed by atoms with E-state index in [2.05, 4.69) is 20.4 Å². The summed E-state index contributed by atoms with van der Waals surface area (Å²) < 4.78 is 6.63. The Hall–Kier alpha value is -2.34. The number of benzene rings is 1. The molecule has 0 aliphatic rings. The molecule has 1 aromatic carbocycles. The van der Waals surface area contributed by atoms with E-state index in [4.69, 9.17) is 16.3 Å². The summed E-state index contributed by atoms with van der Waals surface area (Å²) in [5.41, 5.74) is 1.74. The van der Waals surface area contributed by atoms with Gasteiger partial charge in [0.15, 0.2) is 0 Å². The molecule has 0 amide bonds. The van der Waals surface area contributed by atoms with Crippen LogP contribution in [-0.2, 0) is 0 Å². The first-order chi connectivity index (χ1) is 9.65. The highest BCUT2D eigenvalue weighted by Crippen LogP contribution is 2.20. The SMILES string of the molecule is COc1nc2nc(C)cc(Nc3ccc(Cl)cc3)n2n1. The van der Waals surface area contributed by atoms with Crippen LogP contribution in [0, 0.1) is 6.92 Å². The van der Waals surface area contributed by atoms with E-state index in [0.717, 1.165) is 17.2 Å². The van der Waals surface area contributed by atoms with Crippen molar-refractivity contribution in [3.63, 3.8) is 0 Å². The molecule has 20 heavy (non-hydrogen) atoms. The number of hydrogen-bond acceptors (Lipinski definition) is 5. The van der Waals surface area contributed by atoms with Crippen molar-refractivity contribution in [3.8, 4) is 6.01 Å². The molecule has 0 atom stereocenters. The van der Waals surface area contributed by atoms with Gasteiger partial charge in [0.25, 0.3) is 5.78 Å². The fraction of sp³-hybridized carbons (Fsp3) is 0.154. The maximum atomic E-state index is 5.88. The molecule has 3 aromatic rings. The third kappa shape index (κ3) is 2.37. The summed E-state index contributed by atoms with van der Waals surface area (Å²) in [5, 5.41) is 8.17. The van der Waals surface area contributed by atoms with Crippen molar-refractivity contribution in [3.05, 3.63) is 41.0 Å². The van der Waals surface area contributed by atoms with Crippen LogP contribution in [0.2, 0.25) is 5.02 Å². The van der Waals surface area contributed by atoms with Gasteiger partial charge in [-0.3, -0.25) is 0 Å². The van der Waals surface area contributed by atoms with Crippen molar-refractivity contribution in [2.24, 2.45) is 0 Å². The molecule has 0 radical (unpaired) electrons. The molecular weight excluding hydrogens is 278 g/mol. The summed E-state index contributed by atoms with van der Waals surface area (Å²) in [6.07, 6.45) is 0. The van der Waals surface area contributed by atoms with Crippen LogP contribution < -0.4 is 10.1 Å². The van der Waals surface area contributed by atoms with Gasteiger partial charge in [0.1, 0.15) is 5.82 Å². The molecule has 2 aromatic heterocycles. The minimum Gasteiger partial charge on any atom is -0.466 e. The van der Waals surface area contributed by atoms with Crippen LogP contribution in [0.4, 0.5) is 11.5 Å². The number of aromatic nitrogens is 4. The Bertz CT molecular complexity index is 753. The molecule has 0 aliphatic heterocycles. The van der Waals surface area contributed by atoms with Crippen LogP contribution in [0.15, 0.2) is 30.3 Å². The number of aryl methyl sites for hydroxylation is 1. The number of methoxy groups -OCH3 is 1. The number of ether oxygens (including phenoxy) is 1. The lowest BCUT2D eigenvalue weighted by molar-refractivity contribution is 0.381. The van der Waals surface area contributed by atoms with E-state index < -0.39 is 0 Å². The Balaban J connectivity index is 2.05. The fourth-order valence-corrected chi connectivity index (χ4v) is 1.95. The highest BCUT2D eigenvalue weighted by molar-refractivity contribution is 6.30. The zero-order chi connectivity index (χ0) is 14.1. The van der Waals surface area contributed by atoms with Crippen molar-refractivity contribution in [2.75, 3.05) is 12.4 Å². The molecule has 0 unspecified atom stereocenters. The third-order valence-corrected chi connectivity index (χ3v) is 2.97. The van der Waals surface area contributed by atoms with E-state index in [1.807, 2.05) is 37.3 Å². The van der Waals surface area contributed by atoms with E-state index in [0.29, 0.717) is 10.8 Å². The molecule has 0 saturated carbocycles. The molecule has 0 saturated heterocycles. The Morgan fingerprint density at radius 2 is 1.95 bits per heavy atom. The second-order valence-electron chi connectivity index (χ2n) is 4.22. The van der Waals surface area contributed by atoms with Crippen LogP contribution in [0.5, 0.6) is 6.01 Å². The van der Waals surface area contributed by atoms with Crippen molar-refractivity contribution >= 4 is 28.9 Å². The molecule has 0 spiro atoms. The van der Waals surface area contributed by atoms with E-state index in [1.54, 1.807) is 4.52 Å². The number of hydrogen-bond donors (Lipinski definition) is 1. The largest absolute Gasteiger partial charge is 0.466 e. The molecule has 102 valence electrons. The first-order valence-corrected chi connectivity index (χ1v) is 6.34. The van der Waals surface area contributed by atoms with Gasteiger partial charge in [-0.15, -0.1) is 5.10 Å². The van der Waals surface area contributed by atoms with Crippen LogP contribution in [0.3, 0.4) is 0 Å². The minimum absolute atomic E-state index is 0.280. The maximum absolute atomic E-state index is 5.88. The standard InChI is InChI=1S/C13H12ClN5O/c1-8-7-11(16-10-5-3-9(14)4-6-10)19-12(15-8)17-13(18-19)20-2/h3-7,16H,1-2H3. The van der Waals surface area contributed by atoms with E-state index in [-0.39, 0.29) is 6.01 Å². The van der Waals surface area contributed by atoms with Crippen molar-refractivity contribution in [2.45, 2.75) is 6.92 Å². The summed E-state index contributed by atoms with van der Waals surface area (Å²) in [5.74, 6) is 1.24. The predicted octanol–water partition coefficient (Wildman–Crippen LogP) is 2.84. The average molecular weight is 290 g/mol. The van der Waals surface area contributed by atoms with Gasteiger partial charge in [-0.05, 0) is 31.2 Å². The first kappa shape index (κ1) is 12.7. The number of nitrogens with one attached hydrogen (secondary N) is 1. The van der Waals surface area contributed by atoms with Gasteiger partial charge in [-0.2, -0.15) is 9.50 Å². The van der Waals surface area contributed by atoms with Gasteiger partial charge in [-0.1, -0.05) is 11.6 Å². The molecule has 7 heteroatoms. The van der Waals surface area contributed by atoms with Crippen LogP contribution in [0.1, 0.15) is 5.69 Å². The van der Waals surface area contributed by atoms with Crippen molar-refractivity contribution in [1.29, 1.82) is 0 Å². The number of nitrogens with zero attached hydrogens (tertiary/aromatic N) is 4. The summed E-state index contributed by atoms with van der Waals surface area (Å²) in [6, 6.07) is 9.57. The number of rotatable bonds is 3. The topological polar surface area (TPSA) is 64.3 Å². The summed E-state index contributed by atoms with van der Waals surface area (Å²) in [4.78, 5) is 8.47. The highest BCUT2D eigenvalue weighted by Gasteiger charge is 2.10. The zero-order valence-corrected chi connectivity index (χ0v) is 11.7. The predicted molar refractivity (Wildman–Crippen MR) is 76.8 cm³/mol. The lowest BCUT2D eigenvalue weighted by Crippen LogP contribution is -2.02. The number of anilines is 2. The minimum atomic E-state index is 0.280. The van der Waals surface area contributed by atoms with Gasteiger partial charge in [0, 0.05) is 22.5 Å².